The van der Waals surface area contributed by atoms with Crippen LogP contribution in [0.5, 0.6) is 0 Å². The van der Waals surface area contributed by atoms with E-state index in [1.54, 1.807) is 4.52 Å². The van der Waals surface area contributed by atoms with E-state index < -0.39 is 0 Å². The van der Waals surface area contributed by atoms with E-state index in [1.807, 2.05) is 6.07 Å². The highest BCUT2D eigenvalue weighted by molar-refractivity contribution is 6.29. The van der Waals surface area contributed by atoms with Crippen molar-refractivity contribution in [1.82, 2.24) is 19.6 Å². The molecule has 0 aromatic carbocycles. The number of hydrogen-bond donors (Lipinski definition) is 0. The van der Waals surface area contributed by atoms with Gasteiger partial charge in [0.1, 0.15) is 17.3 Å². The Morgan fingerprint density at radius 1 is 1.44 bits per heavy atom. The fraction of sp³-hybridized carbons (Fsp3) is 0.583. The van der Waals surface area contributed by atoms with E-state index in [0.717, 1.165) is 18.8 Å². The molecule has 0 N–H and O–H groups in total. The maximum atomic E-state index is 6.07. The minimum absolute atomic E-state index is 0.478. The molecule has 1 aliphatic rings. The number of fused-ring (bicyclic) bond motifs is 1. The van der Waals surface area contributed by atoms with Crippen molar-refractivity contribution >= 4 is 23.2 Å². The molecule has 1 fully saturated rings. The molecule has 1 unspecified atom stereocenters. The van der Waals surface area contributed by atoms with Gasteiger partial charge in [0.05, 0.1) is 0 Å². The Labute approximate surface area is 111 Å². The summed E-state index contributed by atoms with van der Waals surface area (Å²) in [4.78, 5) is 10.7. The van der Waals surface area contributed by atoms with E-state index >= 15 is 0 Å². The van der Waals surface area contributed by atoms with Gasteiger partial charge < -0.3 is 4.90 Å². The van der Waals surface area contributed by atoms with Crippen LogP contribution in [0.2, 0.25) is 5.15 Å². The van der Waals surface area contributed by atoms with Gasteiger partial charge in [0.15, 0.2) is 0 Å². The lowest BCUT2D eigenvalue weighted by atomic mass is 10.0. The number of nitrogens with zero attached hydrogens (tertiary/aromatic N) is 5. The summed E-state index contributed by atoms with van der Waals surface area (Å²) in [7, 11) is 0. The molecule has 1 aliphatic heterocycles. The molecule has 0 amide bonds. The molecule has 1 saturated heterocycles. The average Bonchev–Trinajstić information content (AvgIpc) is 2.85. The molecule has 2 aromatic heterocycles. The molecule has 1 atom stereocenters. The second-order valence-electron chi connectivity index (χ2n) is 4.66. The molecule has 0 radical (unpaired) electrons. The van der Waals surface area contributed by atoms with Crippen molar-refractivity contribution in [2.45, 2.75) is 38.6 Å². The zero-order valence-corrected chi connectivity index (χ0v) is 11.1. The van der Waals surface area contributed by atoms with Crippen molar-refractivity contribution in [2.24, 2.45) is 0 Å². The summed E-state index contributed by atoms with van der Waals surface area (Å²) in [5, 5.41) is 4.72. The van der Waals surface area contributed by atoms with Crippen molar-refractivity contribution in [3.8, 4) is 0 Å². The molecule has 18 heavy (non-hydrogen) atoms. The van der Waals surface area contributed by atoms with E-state index in [-0.39, 0.29) is 0 Å². The molecule has 5 nitrogen and oxygen atoms in total. The third-order valence-corrected chi connectivity index (χ3v) is 3.79. The van der Waals surface area contributed by atoms with Crippen molar-refractivity contribution in [3.63, 3.8) is 0 Å². The van der Waals surface area contributed by atoms with Crippen molar-refractivity contribution in [2.75, 3.05) is 11.4 Å². The van der Waals surface area contributed by atoms with Crippen LogP contribution < -0.4 is 4.90 Å². The lowest BCUT2D eigenvalue weighted by Crippen LogP contribution is -2.40. The highest BCUT2D eigenvalue weighted by Crippen LogP contribution is 2.27. The number of aromatic nitrogens is 4. The largest absolute Gasteiger partial charge is 0.353 e. The standard InChI is InChI=1S/C12H16ClN5/c1-2-9-5-3-4-6-17(9)11-7-10(13)16-12-14-8-15-18(11)12/h7-9H,2-6H2,1H3. The molecule has 0 aliphatic carbocycles. The fourth-order valence-electron chi connectivity index (χ4n) is 2.70. The first-order valence-corrected chi connectivity index (χ1v) is 6.80. The maximum absolute atomic E-state index is 6.07. The number of rotatable bonds is 2. The van der Waals surface area contributed by atoms with Gasteiger partial charge in [0, 0.05) is 18.7 Å². The smallest absolute Gasteiger partial charge is 0.255 e. The summed E-state index contributed by atoms with van der Waals surface area (Å²) in [6.45, 7) is 3.28. The highest BCUT2D eigenvalue weighted by Gasteiger charge is 2.24. The molecule has 6 heteroatoms. The van der Waals surface area contributed by atoms with Crippen molar-refractivity contribution in [1.29, 1.82) is 0 Å². The molecule has 3 heterocycles. The zero-order valence-electron chi connectivity index (χ0n) is 10.4. The predicted molar refractivity (Wildman–Crippen MR) is 71.1 cm³/mol. The second-order valence-corrected chi connectivity index (χ2v) is 5.05. The fourth-order valence-corrected chi connectivity index (χ4v) is 2.87. The molecule has 0 bridgehead atoms. The topological polar surface area (TPSA) is 46.3 Å². The van der Waals surface area contributed by atoms with Crippen LogP contribution in [0.15, 0.2) is 12.4 Å². The van der Waals surface area contributed by atoms with Crippen LogP contribution in [-0.4, -0.2) is 32.2 Å². The van der Waals surface area contributed by atoms with Crippen LogP contribution in [0.3, 0.4) is 0 Å². The summed E-state index contributed by atoms with van der Waals surface area (Å²) in [6, 6.07) is 2.45. The van der Waals surface area contributed by atoms with E-state index in [1.165, 1.54) is 25.6 Å². The first-order valence-electron chi connectivity index (χ1n) is 6.42. The minimum Gasteiger partial charge on any atom is -0.353 e. The quantitative estimate of drug-likeness (QED) is 0.783. The Kier molecular flexibility index (Phi) is 3.07. The first-order chi connectivity index (χ1) is 8.79. The van der Waals surface area contributed by atoms with E-state index in [9.17, 15) is 0 Å². The van der Waals surface area contributed by atoms with E-state index in [4.69, 9.17) is 11.6 Å². The Bertz CT molecular complexity index is 552. The zero-order chi connectivity index (χ0) is 12.5. The summed E-state index contributed by atoms with van der Waals surface area (Å²) in [5.74, 6) is 1.58. The molecule has 96 valence electrons. The number of hydrogen-bond acceptors (Lipinski definition) is 4. The Hall–Kier alpha value is -1.36. The van der Waals surface area contributed by atoms with Gasteiger partial charge in [-0.25, -0.2) is 0 Å². The van der Waals surface area contributed by atoms with Gasteiger partial charge in [-0.3, -0.25) is 0 Å². The molecule has 3 rings (SSSR count). The van der Waals surface area contributed by atoms with Crippen molar-refractivity contribution in [3.05, 3.63) is 17.5 Å². The Morgan fingerprint density at radius 3 is 3.17 bits per heavy atom. The monoisotopic (exact) mass is 265 g/mol. The normalized spacial score (nSPS) is 20.6. The Morgan fingerprint density at radius 2 is 2.33 bits per heavy atom. The van der Waals surface area contributed by atoms with Gasteiger partial charge in [0.2, 0.25) is 0 Å². The predicted octanol–water partition coefficient (Wildman–Crippen LogP) is 2.55. The molecular formula is C12H16ClN5. The molecular weight excluding hydrogens is 250 g/mol. The summed E-state index contributed by atoms with van der Waals surface area (Å²) < 4.78 is 1.78. The lowest BCUT2D eigenvalue weighted by Gasteiger charge is -2.36. The number of halogens is 1. The minimum atomic E-state index is 0.478. The van der Waals surface area contributed by atoms with Crippen LogP contribution in [0.4, 0.5) is 5.82 Å². The molecule has 0 saturated carbocycles. The van der Waals surface area contributed by atoms with E-state index in [0.29, 0.717) is 17.0 Å². The molecule has 2 aromatic rings. The summed E-state index contributed by atoms with van der Waals surface area (Å²) >= 11 is 6.07. The van der Waals surface area contributed by atoms with Crippen molar-refractivity contribution < 1.29 is 0 Å². The summed E-state index contributed by atoms with van der Waals surface area (Å²) in [5.41, 5.74) is 0. The van der Waals surface area contributed by atoms with Gasteiger partial charge in [0.25, 0.3) is 5.78 Å². The first kappa shape index (κ1) is 11.7. The summed E-state index contributed by atoms with van der Waals surface area (Å²) in [6.07, 6.45) is 6.40. The third kappa shape index (κ3) is 1.92. The van der Waals surface area contributed by atoms with Gasteiger partial charge in [-0.15, -0.1) is 0 Å². The van der Waals surface area contributed by atoms with Crippen LogP contribution in [0, 0.1) is 0 Å². The van der Waals surface area contributed by atoms with Gasteiger partial charge in [-0.05, 0) is 25.7 Å². The average molecular weight is 266 g/mol. The van der Waals surface area contributed by atoms with Gasteiger partial charge in [-0.1, -0.05) is 18.5 Å². The third-order valence-electron chi connectivity index (χ3n) is 3.59. The second kappa shape index (κ2) is 4.72. The van der Waals surface area contributed by atoms with Gasteiger partial charge in [-0.2, -0.15) is 19.6 Å². The molecule has 0 spiro atoms. The number of anilines is 1. The maximum Gasteiger partial charge on any atom is 0.255 e. The van der Waals surface area contributed by atoms with Crippen LogP contribution in [0.1, 0.15) is 32.6 Å². The Balaban J connectivity index is 2.08. The van der Waals surface area contributed by atoms with E-state index in [2.05, 4.69) is 26.9 Å². The van der Waals surface area contributed by atoms with Crippen LogP contribution in [0.25, 0.3) is 5.78 Å². The van der Waals surface area contributed by atoms with Gasteiger partial charge >= 0.3 is 0 Å². The number of piperidine rings is 1. The van der Waals surface area contributed by atoms with Crippen LogP contribution in [-0.2, 0) is 0 Å². The SMILES string of the molecule is CCC1CCCCN1c1cc(Cl)nc2ncnn12. The highest BCUT2D eigenvalue weighted by atomic mass is 35.5. The lowest BCUT2D eigenvalue weighted by molar-refractivity contribution is 0.444. The van der Waals surface area contributed by atoms with Crippen LogP contribution >= 0.6 is 11.6 Å².